The van der Waals surface area contributed by atoms with Crippen LogP contribution in [0, 0.1) is 16.0 Å². The molecule has 1 aliphatic carbocycles. The lowest BCUT2D eigenvalue weighted by atomic mass is 9.81. The molecule has 1 aliphatic heterocycles. The molecular formula is C16H15N5O3. The Labute approximate surface area is 137 Å². The number of fused-ring (bicyclic) bond motifs is 1. The zero-order valence-corrected chi connectivity index (χ0v) is 13.0. The molecule has 0 bridgehead atoms. The van der Waals surface area contributed by atoms with Crippen LogP contribution in [0.25, 0.3) is 0 Å². The van der Waals surface area contributed by atoms with E-state index in [9.17, 15) is 14.9 Å². The summed E-state index contributed by atoms with van der Waals surface area (Å²) in [6.07, 6.45) is 2.71. The van der Waals surface area contributed by atoms with E-state index in [-0.39, 0.29) is 17.4 Å². The van der Waals surface area contributed by atoms with Crippen LogP contribution in [-0.4, -0.2) is 25.5 Å². The maximum Gasteiger partial charge on any atom is 0.269 e. The number of allylic oxidation sites excluding steroid dienone is 2. The van der Waals surface area contributed by atoms with E-state index in [1.165, 1.54) is 18.5 Å². The number of aromatic nitrogens is 3. The van der Waals surface area contributed by atoms with E-state index in [1.54, 1.807) is 16.8 Å². The molecule has 2 atom stereocenters. The molecule has 1 aromatic carbocycles. The van der Waals surface area contributed by atoms with Gasteiger partial charge in [0.2, 0.25) is 5.95 Å². The molecule has 0 fully saturated rings. The van der Waals surface area contributed by atoms with E-state index in [1.807, 2.05) is 6.92 Å². The van der Waals surface area contributed by atoms with Crippen LogP contribution in [0.2, 0.25) is 0 Å². The highest BCUT2D eigenvalue weighted by Gasteiger charge is 2.37. The first-order chi connectivity index (χ1) is 11.5. The summed E-state index contributed by atoms with van der Waals surface area (Å²) in [5, 5.41) is 18.3. The van der Waals surface area contributed by atoms with E-state index >= 15 is 0 Å². The topological polar surface area (TPSA) is 103 Å². The number of hydrogen-bond donors (Lipinski definition) is 1. The Morgan fingerprint density at radius 1 is 1.29 bits per heavy atom. The Balaban J connectivity index is 1.85. The maximum atomic E-state index is 12.7. The molecule has 0 amide bonds. The third kappa shape index (κ3) is 2.18. The molecule has 2 heterocycles. The Kier molecular flexibility index (Phi) is 3.19. The minimum absolute atomic E-state index is 0.0179. The summed E-state index contributed by atoms with van der Waals surface area (Å²) in [5.41, 5.74) is 2.36. The highest BCUT2D eigenvalue weighted by atomic mass is 16.6. The van der Waals surface area contributed by atoms with Crippen molar-refractivity contribution in [3.05, 3.63) is 57.5 Å². The zero-order valence-electron chi connectivity index (χ0n) is 13.0. The smallest absolute Gasteiger partial charge is 0.269 e. The Morgan fingerprint density at radius 2 is 2.04 bits per heavy atom. The average Bonchev–Trinajstić information content (AvgIpc) is 3.00. The van der Waals surface area contributed by atoms with Gasteiger partial charge in [0, 0.05) is 29.8 Å². The Morgan fingerprint density at radius 3 is 2.75 bits per heavy atom. The molecule has 1 aromatic heterocycles. The van der Waals surface area contributed by atoms with Gasteiger partial charge in [-0.3, -0.25) is 14.9 Å². The van der Waals surface area contributed by atoms with Crippen LogP contribution in [0.15, 0.2) is 41.9 Å². The standard InChI is InChI=1S/C16H15N5O3/c1-9-6-12-14(13(22)7-9)15(20-16(19-12)17-8-18-20)10-2-4-11(5-3-10)21(23)24/h2-5,8-9,15H,6-7H2,1H3,(H,17,18,19)/t9-,15-/m1/s1. The molecule has 0 unspecified atom stereocenters. The van der Waals surface area contributed by atoms with Crippen molar-refractivity contribution < 1.29 is 9.72 Å². The summed E-state index contributed by atoms with van der Waals surface area (Å²) in [4.78, 5) is 27.3. The number of Topliss-reactive ketones (excluding diaryl/α,β-unsaturated/α-hetero) is 1. The predicted molar refractivity (Wildman–Crippen MR) is 85.3 cm³/mol. The minimum Gasteiger partial charge on any atom is -0.328 e. The van der Waals surface area contributed by atoms with Crippen molar-refractivity contribution in [2.45, 2.75) is 25.8 Å². The number of hydrogen-bond acceptors (Lipinski definition) is 6. The van der Waals surface area contributed by atoms with Crippen LogP contribution < -0.4 is 5.32 Å². The maximum absolute atomic E-state index is 12.7. The van der Waals surface area contributed by atoms with Crippen LogP contribution in [0.1, 0.15) is 31.4 Å². The van der Waals surface area contributed by atoms with Gasteiger partial charge in [0.05, 0.1) is 4.92 Å². The first kappa shape index (κ1) is 14.6. The quantitative estimate of drug-likeness (QED) is 0.672. The molecule has 0 radical (unpaired) electrons. The number of carbonyl (C=O) groups excluding carboxylic acids is 1. The molecule has 0 saturated heterocycles. The number of benzene rings is 1. The van der Waals surface area contributed by atoms with Gasteiger partial charge in [-0.1, -0.05) is 6.92 Å². The van der Waals surface area contributed by atoms with Gasteiger partial charge in [-0.2, -0.15) is 10.1 Å². The summed E-state index contributed by atoms with van der Waals surface area (Å²) >= 11 is 0. The molecular weight excluding hydrogens is 310 g/mol. The van der Waals surface area contributed by atoms with Gasteiger partial charge in [0.25, 0.3) is 5.69 Å². The average molecular weight is 325 g/mol. The number of nitro benzene ring substituents is 1. The molecule has 8 heteroatoms. The van der Waals surface area contributed by atoms with Crippen molar-refractivity contribution >= 4 is 17.4 Å². The molecule has 4 rings (SSSR count). The van der Waals surface area contributed by atoms with Crippen LogP contribution in [-0.2, 0) is 4.79 Å². The van der Waals surface area contributed by atoms with E-state index in [4.69, 9.17) is 0 Å². The number of nitrogens with one attached hydrogen (secondary N) is 1. The molecule has 24 heavy (non-hydrogen) atoms. The zero-order chi connectivity index (χ0) is 16.8. The number of nitro groups is 1. The van der Waals surface area contributed by atoms with Crippen LogP contribution in [0.4, 0.5) is 11.6 Å². The summed E-state index contributed by atoms with van der Waals surface area (Å²) < 4.78 is 1.66. The normalized spacial score (nSPS) is 22.6. The van der Waals surface area contributed by atoms with Gasteiger partial charge in [0.15, 0.2) is 5.78 Å². The fraction of sp³-hybridized carbons (Fsp3) is 0.312. The molecule has 0 saturated carbocycles. The predicted octanol–water partition coefficient (Wildman–Crippen LogP) is 2.45. The van der Waals surface area contributed by atoms with Crippen LogP contribution in [0.3, 0.4) is 0 Å². The summed E-state index contributed by atoms with van der Waals surface area (Å²) in [6.45, 7) is 2.05. The number of carbonyl (C=O) groups is 1. The lowest BCUT2D eigenvalue weighted by Gasteiger charge is -2.34. The van der Waals surface area contributed by atoms with E-state index in [2.05, 4.69) is 15.4 Å². The van der Waals surface area contributed by atoms with Crippen LogP contribution >= 0.6 is 0 Å². The number of non-ortho nitro benzene ring substituents is 1. The van der Waals surface area contributed by atoms with Crippen molar-refractivity contribution in [3.63, 3.8) is 0 Å². The fourth-order valence-electron chi connectivity index (χ4n) is 3.43. The highest BCUT2D eigenvalue weighted by molar-refractivity contribution is 5.99. The van der Waals surface area contributed by atoms with Crippen molar-refractivity contribution in [3.8, 4) is 0 Å². The second-order valence-corrected chi connectivity index (χ2v) is 6.23. The lowest BCUT2D eigenvalue weighted by molar-refractivity contribution is -0.384. The lowest BCUT2D eigenvalue weighted by Crippen LogP contribution is -2.33. The van der Waals surface area contributed by atoms with Gasteiger partial charge in [-0.25, -0.2) is 4.68 Å². The monoisotopic (exact) mass is 325 g/mol. The Bertz CT molecular complexity index is 868. The fourth-order valence-corrected chi connectivity index (χ4v) is 3.43. The summed E-state index contributed by atoms with van der Waals surface area (Å²) in [5.74, 6) is 0.940. The van der Waals surface area contributed by atoms with Gasteiger partial charge >= 0.3 is 0 Å². The van der Waals surface area contributed by atoms with E-state index < -0.39 is 11.0 Å². The first-order valence-corrected chi connectivity index (χ1v) is 7.71. The van der Waals surface area contributed by atoms with Gasteiger partial charge in [0.1, 0.15) is 12.4 Å². The number of anilines is 1. The highest BCUT2D eigenvalue weighted by Crippen LogP contribution is 2.41. The number of nitrogens with zero attached hydrogens (tertiary/aromatic N) is 4. The second-order valence-electron chi connectivity index (χ2n) is 6.23. The number of rotatable bonds is 2. The molecule has 2 aromatic rings. The molecule has 1 N–H and O–H groups in total. The van der Waals surface area contributed by atoms with Crippen molar-refractivity contribution in [1.82, 2.24) is 14.8 Å². The molecule has 8 nitrogen and oxygen atoms in total. The minimum atomic E-state index is -0.439. The first-order valence-electron chi connectivity index (χ1n) is 7.71. The van der Waals surface area contributed by atoms with E-state index in [0.29, 0.717) is 17.9 Å². The van der Waals surface area contributed by atoms with Crippen molar-refractivity contribution in [1.29, 1.82) is 0 Å². The largest absolute Gasteiger partial charge is 0.328 e. The summed E-state index contributed by atoms with van der Waals surface area (Å²) in [7, 11) is 0. The van der Waals surface area contributed by atoms with Gasteiger partial charge in [-0.15, -0.1) is 0 Å². The second kappa shape index (κ2) is 5.26. The van der Waals surface area contributed by atoms with Gasteiger partial charge < -0.3 is 5.32 Å². The molecule has 2 aliphatic rings. The third-order valence-electron chi connectivity index (χ3n) is 4.49. The van der Waals surface area contributed by atoms with Crippen molar-refractivity contribution in [2.24, 2.45) is 5.92 Å². The molecule has 122 valence electrons. The Hall–Kier alpha value is -3.03. The third-order valence-corrected chi connectivity index (χ3v) is 4.49. The van der Waals surface area contributed by atoms with Crippen molar-refractivity contribution in [2.75, 3.05) is 5.32 Å². The molecule has 0 spiro atoms. The summed E-state index contributed by atoms with van der Waals surface area (Å²) in [6, 6.07) is 5.85. The number of ketones is 1. The van der Waals surface area contributed by atoms with Gasteiger partial charge in [-0.05, 0) is 30.0 Å². The van der Waals surface area contributed by atoms with Crippen LogP contribution in [0.5, 0.6) is 0 Å². The SMILES string of the molecule is C[C@H]1CC(=O)C2=C(C1)Nc1ncnn1[C@@H]2c1ccc([N+](=O)[O-])cc1. The van der Waals surface area contributed by atoms with E-state index in [0.717, 1.165) is 17.7 Å².